The summed E-state index contributed by atoms with van der Waals surface area (Å²) in [7, 11) is 0. The highest BCUT2D eigenvalue weighted by Crippen LogP contribution is 2.10. The lowest BCUT2D eigenvalue weighted by molar-refractivity contribution is 0.456. The number of hydrogen-bond acceptors (Lipinski definition) is 1. The molecule has 0 aliphatic rings. The molecule has 0 aromatic heterocycles. The third kappa shape index (κ3) is 3.57. The van der Waals surface area contributed by atoms with E-state index in [9.17, 15) is 0 Å². The molecule has 0 aromatic rings. The molecule has 1 atom stereocenters. The molecule has 11 heavy (non-hydrogen) atoms. The van der Waals surface area contributed by atoms with Gasteiger partial charge in [-0.3, -0.25) is 0 Å². The molecule has 0 heterocycles. The van der Waals surface area contributed by atoms with Crippen molar-refractivity contribution in [3.05, 3.63) is 11.6 Å². The Hall–Kier alpha value is -0.300. The standard InChI is InChI=1S/C10H21N/c1-6-9(5)10(8(3)4)11-7-2/h6,8,10-11H,7H2,1-5H3/b9-6-. The molecule has 1 nitrogen and oxygen atoms in total. The Balaban J connectivity index is 4.10. The summed E-state index contributed by atoms with van der Waals surface area (Å²) in [6.45, 7) is 12.0. The zero-order valence-corrected chi connectivity index (χ0v) is 8.44. The maximum absolute atomic E-state index is 3.46. The number of likely N-dealkylation sites (N-methyl/N-ethyl adjacent to an activating group) is 1. The second kappa shape index (κ2) is 5.36. The van der Waals surface area contributed by atoms with E-state index in [1.54, 1.807) is 0 Å². The van der Waals surface area contributed by atoms with Gasteiger partial charge < -0.3 is 5.32 Å². The SMILES string of the molecule is C/C=C(/C)C(NCC)C(C)C. The topological polar surface area (TPSA) is 12.0 Å². The van der Waals surface area contributed by atoms with E-state index in [4.69, 9.17) is 0 Å². The largest absolute Gasteiger partial charge is 0.310 e. The van der Waals surface area contributed by atoms with Crippen LogP contribution in [-0.4, -0.2) is 12.6 Å². The van der Waals surface area contributed by atoms with Crippen molar-refractivity contribution in [1.29, 1.82) is 0 Å². The Morgan fingerprint density at radius 3 is 2.27 bits per heavy atom. The van der Waals surface area contributed by atoms with E-state index in [2.05, 4.69) is 46.0 Å². The van der Waals surface area contributed by atoms with Crippen LogP contribution < -0.4 is 5.32 Å². The van der Waals surface area contributed by atoms with E-state index in [1.807, 2.05) is 0 Å². The molecule has 1 unspecified atom stereocenters. The van der Waals surface area contributed by atoms with E-state index in [1.165, 1.54) is 5.57 Å². The van der Waals surface area contributed by atoms with E-state index in [-0.39, 0.29) is 0 Å². The number of hydrogen-bond donors (Lipinski definition) is 1. The van der Waals surface area contributed by atoms with Crippen LogP contribution >= 0.6 is 0 Å². The van der Waals surface area contributed by atoms with Gasteiger partial charge >= 0.3 is 0 Å². The third-order valence-electron chi connectivity index (χ3n) is 2.04. The molecule has 0 fully saturated rings. The maximum atomic E-state index is 3.46. The van der Waals surface area contributed by atoms with Crippen LogP contribution in [0, 0.1) is 5.92 Å². The van der Waals surface area contributed by atoms with Crippen molar-refractivity contribution < 1.29 is 0 Å². The molecule has 66 valence electrons. The fourth-order valence-corrected chi connectivity index (χ4v) is 1.32. The molecule has 1 heteroatoms. The van der Waals surface area contributed by atoms with Crippen LogP contribution in [0.4, 0.5) is 0 Å². The lowest BCUT2D eigenvalue weighted by Gasteiger charge is -2.22. The minimum Gasteiger partial charge on any atom is -0.310 e. The molecule has 0 aliphatic carbocycles. The Bertz CT molecular complexity index is 125. The summed E-state index contributed by atoms with van der Waals surface area (Å²) in [4.78, 5) is 0. The maximum Gasteiger partial charge on any atom is 0.0299 e. The van der Waals surface area contributed by atoms with Gasteiger partial charge in [-0.15, -0.1) is 0 Å². The lowest BCUT2D eigenvalue weighted by Crippen LogP contribution is -2.34. The van der Waals surface area contributed by atoms with Gasteiger partial charge in [0.15, 0.2) is 0 Å². The molecule has 0 rings (SSSR count). The fraction of sp³-hybridized carbons (Fsp3) is 0.800. The zero-order chi connectivity index (χ0) is 8.85. The van der Waals surface area contributed by atoms with Crippen LogP contribution in [0.3, 0.4) is 0 Å². The van der Waals surface area contributed by atoms with Crippen molar-refractivity contribution in [2.45, 2.75) is 40.7 Å². The Labute approximate surface area is 70.9 Å². The molecule has 0 saturated carbocycles. The van der Waals surface area contributed by atoms with E-state index in [0.717, 1.165) is 6.54 Å². The minimum atomic E-state index is 0.560. The smallest absolute Gasteiger partial charge is 0.0299 e. The van der Waals surface area contributed by atoms with Crippen LogP contribution in [0.2, 0.25) is 0 Å². The normalized spacial score (nSPS) is 15.6. The average Bonchev–Trinajstić information content (AvgIpc) is 1.98. The van der Waals surface area contributed by atoms with E-state index >= 15 is 0 Å². The molecule has 1 N–H and O–H groups in total. The molecule has 0 radical (unpaired) electrons. The van der Waals surface area contributed by atoms with Gasteiger partial charge in [-0.05, 0) is 26.3 Å². The van der Waals surface area contributed by atoms with Gasteiger partial charge in [0.25, 0.3) is 0 Å². The molecule has 0 amide bonds. The summed E-state index contributed by atoms with van der Waals surface area (Å²) < 4.78 is 0. The number of allylic oxidation sites excluding steroid dienone is 1. The van der Waals surface area contributed by atoms with Gasteiger partial charge in [-0.2, -0.15) is 0 Å². The molecule has 0 bridgehead atoms. The fourth-order valence-electron chi connectivity index (χ4n) is 1.32. The van der Waals surface area contributed by atoms with Gasteiger partial charge in [0, 0.05) is 6.04 Å². The van der Waals surface area contributed by atoms with Crippen molar-refractivity contribution in [1.82, 2.24) is 5.32 Å². The van der Waals surface area contributed by atoms with Gasteiger partial charge in [-0.1, -0.05) is 32.4 Å². The summed E-state index contributed by atoms with van der Waals surface area (Å²) in [5.41, 5.74) is 1.45. The minimum absolute atomic E-state index is 0.560. The van der Waals surface area contributed by atoms with Gasteiger partial charge in [0.05, 0.1) is 0 Å². The molecule has 0 aromatic carbocycles. The number of rotatable bonds is 4. The van der Waals surface area contributed by atoms with Gasteiger partial charge in [0.2, 0.25) is 0 Å². The Morgan fingerprint density at radius 1 is 1.45 bits per heavy atom. The van der Waals surface area contributed by atoms with Crippen LogP contribution in [-0.2, 0) is 0 Å². The second-order valence-electron chi connectivity index (χ2n) is 3.31. The molecule has 0 aliphatic heterocycles. The van der Waals surface area contributed by atoms with Crippen molar-refractivity contribution in [3.63, 3.8) is 0 Å². The van der Waals surface area contributed by atoms with Crippen molar-refractivity contribution in [2.24, 2.45) is 5.92 Å². The van der Waals surface area contributed by atoms with Crippen LogP contribution in [0.5, 0.6) is 0 Å². The summed E-state index contributed by atoms with van der Waals surface area (Å²) >= 11 is 0. The first-order valence-corrected chi connectivity index (χ1v) is 4.49. The van der Waals surface area contributed by atoms with Crippen LogP contribution in [0.1, 0.15) is 34.6 Å². The molecule has 0 spiro atoms. The first-order chi connectivity index (χ1) is 5.13. The Morgan fingerprint density at radius 2 is 2.00 bits per heavy atom. The highest BCUT2D eigenvalue weighted by atomic mass is 14.9. The first kappa shape index (κ1) is 10.7. The first-order valence-electron chi connectivity index (χ1n) is 4.49. The van der Waals surface area contributed by atoms with Crippen LogP contribution in [0.25, 0.3) is 0 Å². The van der Waals surface area contributed by atoms with E-state index in [0.29, 0.717) is 12.0 Å². The van der Waals surface area contributed by atoms with Crippen LogP contribution in [0.15, 0.2) is 11.6 Å². The molecular formula is C10H21N. The van der Waals surface area contributed by atoms with Crippen molar-refractivity contribution in [2.75, 3.05) is 6.54 Å². The van der Waals surface area contributed by atoms with Crippen molar-refractivity contribution in [3.8, 4) is 0 Å². The molecular weight excluding hydrogens is 134 g/mol. The average molecular weight is 155 g/mol. The Kier molecular flexibility index (Phi) is 5.22. The summed E-state index contributed by atoms with van der Waals surface area (Å²) in [5.74, 6) is 0.686. The third-order valence-corrected chi connectivity index (χ3v) is 2.04. The highest BCUT2D eigenvalue weighted by Gasteiger charge is 2.11. The molecule has 0 saturated heterocycles. The predicted molar refractivity (Wildman–Crippen MR) is 51.7 cm³/mol. The summed E-state index contributed by atoms with van der Waals surface area (Å²) in [6, 6.07) is 0.560. The second-order valence-corrected chi connectivity index (χ2v) is 3.31. The van der Waals surface area contributed by atoms with Gasteiger partial charge in [0.1, 0.15) is 0 Å². The number of nitrogens with one attached hydrogen (secondary N) is 1. The quantitative estimate of drug-likeness (QED) is 0.615. The van der Waals surface area contributed by atoms with E-state index < -0.39 is 0 Å². The monoisotopic (exact) mass is 155 g/mol. The summed E-state index contributed by atoms with van der Waals surface area (Å²) in [6.07, 6.45) is 2.19. The zero-order valence-electron chi connectivity index (χ0n) is 8.44. The predicted octanol–water partition coefficient (Wildman–Crippen LogP) is 2.59. The van der Waals surface area contributed by atoms with Crippen molar-refractivity contribution >= 4 is 0 Å². The van der Waals surface area contributed by atoms with Gasteiger partial charge in [-0.25, -0.2) is 0 Å². The lowest BCUT2D eigenvalue weighted by atomic mass is 9.97. The summed E-state index contributed by atoms with van der Waals surface area (Å²) in [5, 5.41) is 3.46. The highest BCUT2D eigenvalue weighted by molar-refractivity contribution is 5.07.